The molecular weight excluding hydrogens is 194 g/mol. The average Bonchev–Trinajstić information content (AvgIpc) is 1.56. The van der Waals surface area contributed by atoms with Crippen LogP contribution in [0, 0.1) is 0 Å². The molecule has 3 N–H and O–H groups in total. The van der Waals surface area contributed by atoms with Gasteiger partial charge in [-0.2, -0.15) is 0 Å². The Balaban J connectivity index is 4.50. The van der Waals surface area contributed by atoms with Gasteiger partial charge >= 0.3 is 14.6 Å². The molecule has 8 heteroatoms. The van der Waals surface area contributed by atoms with Crippen LogP contribution in [0.4, 0.5) is 0 Å². The molecule has 0 heterocycles. The minimum absolute atomic E-state index is 0.696. The van der Waals surface area contributed by atoms with Crippen molar-refractivity contribution in [2.45, 2.75) is 20.0 Å². The Morgan fingerprint density at radius 3 is 1.64 bits per heavy atom. The molecule has 0 aromatic rings. The maximum atomic E-state index is 10.6. The normalized spacial score (nSPS) is 18.4. The summed E-state index contributed by atoms with van der Waals surface area (Å²) in [6, 6.07) is 0. The number of hydrogen-bond donors (Lipinski definition) is 3. The molecule has 6 nitrogen and oxygen atoms in total. The highest BCUT2D eigenvalue weighted by atomic mass is 32.1. The summed E-state index contributed by atoms with van der Waals surface area (Å²) in [7, 11) is -9.80. The molecule has 0 aliphatic rings. The third-order valence-electron chi connectivity index (χ3n) is 0.677. The van der Waals surface area contributed by atoms with Gasteiger partial charge in [0.05, 0.1) is 6.10 Å². The fraction of sp³-hybridized carbons (Fsp3) is 1.00. The third kappa shape index (κ3) is 3.47. The molecule has 0 aliphatic carbocycles. The minimum atomic E-state index is -5.03. The highest BCUT2D eigenvalue weighted by Crippen LogP contribution is 2.75. The van der Waals surface area contributed by atoms with E-state index in [9.17, 15) is 9.13 Å². The SMILES string of the molecule is CC(C)OP(=O)(O)P(=O)(O)O. The topological polar surface area (TPSA) is 104 Å². The van der Waals surface area contributed by atoms with Crippen LogP contribution < -0.4 is 0 Å². The summed E-state index contributed by atoms with van der Waals surface area (Å²) in [5.41, 5.74) is 0. The first-order valence-corrected chi connectivity index (χ1v) is 6.63. The van der Waals surface area contributed by atoms with Crippen molar-refractivity contribution in [1.29, 1.82) is 0 Å². The highest BCUT2D eigenvalue weighted by molar-refractivity contribution is 8.26. The van der Waals surface area contributed by atoms with E-state index >= 15 is 0 Å². The second-order valence-corrected chi connectivity index (χ2v) is 7.46. The smallest absolute Gasteiger partial charge is 0.316 e. The first-order valence-electron chi connectivity index (χ1n) is 2.74. The lowest BCUT2D eigenvalue weighted by Crippen LogP contribution is -2.00. The van der Waals surface area contributed by atoms with E-state index in [4.69, 9.17) is 14.7 Å². The van der Waals surface area contributed by atoms with Crippen molar-refractivity contribution < 1.29 is 28.3 Å². The Morgan fingerprint density at radius 1 is 1.18 bits per heavy atom. The summed E-state index contributed by atoms with van der Waals surface area (Å²) >= 11 is 0. The van der Waals surface area contributed by atoms with Gasteiger partial charge in [-0.1, -0.05) is 0 Å². The molecule has 0 aliphatic heterocycles. The quantitative estimate of drug-likeness (QED) is 0.584. The summed E-state index contributed by atoms with van der Waals surface area (Å²) in [5, 5.41) is 0. The van der Waals surface area contributed by atoms with E-state index < -0.39 is 20.7 Å². The standard InChI is InChI=1S/C3H10O6P2/c1-3(2)9-11(7,8)10(4,5)6/h3H,1-2H3,(H,7,8)(H2,4,5,6). The lowest BCUT2D eigenvalue weighted by molar-refractivity contribution is 0.207. The van der Waals surface area contributed by atoms with Crippen molar-refractivity contribution in [3.63, 3.8) is 0 Å². The van der Waals surface area contributed by atoms with E-state index in [0.717, 1.165) is 0 Å². The molecule has 0 bridgehead atoms. The van der Waals surface area contributed by atoms with Crippen molar-refractivity contribution in [3.8, 4) is 0 Å². The summed E-state index contributed by atoms with van der Waals surface area (Å²) in [6.07, 6.45) is -0.696. The van der Waals surface area contributed by atoms with E-state index in [1.54, 1.807) is 0 Å². The van der Waals surface area contributed by atoms with Gasteiger partial charge in [-0.25, -0.2) is 9.13 Å². The van der Waals surface area contributed by atoms with Gasteiger partial charge in [-0.15, -0.1) is 0 Å². The first kappa shape index (κ1) is 11.3. The second-order valence-electron chi connectivity index (χ2n) is 2.16. The van der Waals surface area contributed by atoms with Crippen molar-refractivity contribution in [1.82, 2.24) is 0 Å². The predicted molar refractivity (Wildman–Crippen MR) is 38.1 cm³/mol. The number of rotatable bonds is 3. The van der Waals surface area contributed by atoms with Crippen LogP contribution in [0.1, 0.15) is 13.8 Å². The Hall–Kier alpha value is 0.300. The zero-order valence-corrected chi connectivity index (χ0v) is 7.83. The average molecular weight is 204 g/mol. The number of hydrogen-bond acceptors (Lipinski definition) is 3. The van der Waals surface area contributed by atoms with Gasteiger partial charge in [-0.3, -0.25) is 4.52 Å². The molecule has 0 rings (SSSR count). The van der Waals surface area contributed by atoms with E-state index in [-0.39, 0.29) is 0 Å². The largest absolute Gasteiger partial charge is 0.438 e. The highest BCUT2D eigenvalue weighted by Gasteiger charge is 2.42. The van der Waals surface area contributed by atoms with Crippen LogP contribution in [-0.4, -0.2) is 20.8 Å². The summed E-state index contributed by atoms with van der Waals surface area (Å²) < 4.78 is 25.0. The molecule has 0 fully saturated rings. The Labute approximate surface area is 63.8 Å². The molecule has 1 unspecified atom stereocenters. The molecule has 0 aromatic heterocycles. The minimum Gasteiger partial charge on any atom is -0.316 e. The molecule has 0 saturated heterocycles. The van der Waals surface area contributed by atoms with Gasteiger partial charge in [0.2, 0.25) is 0 Å². The van der Waals surface area contributed by atoms with Crippen LogP contribution in [-0.2, 0) is 13.7 Å². The van der Waals surface area contributed by atoms with E-state index in [2.05, 4.69) is 4.52 Å². The van der Waals surface area contributed by atoms with Gasteiger partial charge in [0.25, 0.3) is 0 Å². The molecule has 0 amide bonds. The summed E-state index contributed by atoms with van der Waals surface area (Å²) in [6.45, 7) is 2.80. The second kappa shape index (κ2) is 3.35. The van der Waals surface area contributed by atoms with Crippen LogP contribution in [0.15, 0.2) is 0 Å². The van der Waals surface area contributed by atoms with Crippen molar-refractivity contribution in [2.75, 3.05) is 0 Å². The zero-order valence-electron chi connectivity index (χ0n) is 6.04. The van der Waals surface area contributed by atoms with Crippen LogP contribution in [0.2, 0.25) is 0 Å². The van der Waals surface area contributed by atoms with E-state index in [0.29, 0.717) is 0 Å². The fourth-order valence-corrected chi connectivity index (χ4v) is 1.94. The fourth-order valence-electron chi connectivity index (χ4n) is 0.336. The molecule has 11 heavy (non-hydrogen) atoms. The maximum Gasteiger partial charge on any atom is 0.438 e. The lowest BCUT2D eigenvalue weighted by atomic mass is 10.5. The van der Waals surface area contributed by atoms with Gasteiger partial charge in [0.1, 0.15) is 0 Å². The van der Waals surface area contributed by atoms with Crippen molar-refractivity contribution >= 4 is 14.6 Å². The van der Waals surface area contributed by atoms with E-state index in [1.165, 1.54) is 13.8 Å². The molecule has 0 radical (unpaired) electrons. The molecule has 68 valence electrons. The molecular formula is C3H10O6P2. The Bertz CT molecular complexity index is 216. The predicted octanol–water partition coefficient (Wildman–Crippen LogP) is 0.689. The molecule has 1 atom stereocenters. The van der Waals surface area contributed by atoms with Gasteiger partial charge < -0.3 is 14.7 Å². The summed E-state index contributed by atoms with van der Waals surface area (Å²) in [4.78, 5) is 25.1. The Kier molecular flexibility index (Phi) is 3.44. The summed E-state index contributed by atoms with van der Waals surface area (Å²) in [5.74, 6) is 0. The maximum absolute atomic E-state index is 10.6. The van der Waals surface area contributed by atoms with Crippen LogP contribution >= 0.6 is 14.6 Å². The van der Waals surface area contributed by atoms with Gasteiger partial charge in [0, 0.05) is 0 Å². The third-order valence-corrected chi connectivity index (χ3v) is 4.29. The monoisotopic (exact) mass is 204 g/mol. The zero-order chi connectivity index (χ0) is 9.28. The van der Waals surface area contributed by atoms with Crippen LogP contribution in [0.5, 0.6) is 0 Å². The lowest BCUT2D eigenvalue weighted by Gasteiger charge is -2.14. The van der Waals surface area contributed by atoms with Crippen molar-refractivity contribution in [2.24, 2.45) is 0 Å². The molecule has 0 aromatic carbocycles. The Morgan fingerprint density at radius 2 is 1.55 bits per heavy atom. The van der Waals surface area contributed by atoms with Crippen molar-refractivity contribution in [3.05, 3.63) is 0 Å². The first-order chi connectivity index (χ1) is 4.67. The van der Waals surface area contributed by atoms with E-state index in [1.807, 2.05) is 0 Å². The molecule has 0 spiro atoms. The van der Waals surface area contributed by atoms with Crippen LogP contribution in [0.25, 0.3) is 0 Å². The van der Waals surface area contributed by atoms with Gasteiger partial charge in [0.15, 0.2) is 0 Å². The molecule has 0 saturated carbocycles. The van der Waals surface area contributed by atoms with Gasteiger partial charge in [-0.05, 0) is 13.8 Å². The van der Waals surface area contributed by atoms with Crippen LogP contribution in [0.3, 0.4) is 0 Å².